The summed E-state index contributed by atoms with van der Waals surface area (Å²) in [6.07, 6.45) is -1.07. The molecular formula is C14H20F3N3. The van der Waals surface area contributed by atoms with Crippen LogP contribution in [-0.2, 0) is 6.18 Å². The van der Waals surface area contributed by atoms with E-state index in [1.54, 1.807) is 0 Å². The van der Waals surface area contributed by atoms with E-state index in [1.165, 1.54) is 18.9 Å². The molecule has 2 rings (SSSR count). The second kappa shape index (κ2) is 5.99. The van der Waals surface area contributed by atoms with Crippen molar-refractivity contribution in [1.82, 2.24) is 9.88 Å². The average molecular weight is 287 g/mol. The Balaban J connectivity index is 1.93. The van der Waals surface area contributed by atoms with E-state index in [1.807, 2.05) is 0 Å². The molecule has 20 heavy (non-hydrogen) atoms. The molecular weight excluding hydrogens is 267 g/mol. The largest absolute Gasteiger partial charge is 0.417 e. The summed E-state index contributed by atoms with van der Waals surface area (Å²) in [5, 5.41) is 3.13. The van der Waals surface area contributed by atoms with E-state index >= 15 is 0 Å². The van der Waals surface area contributed by atoms with Gasteiger partial charge in [-0.15, -0.1) is 0 Å². The van der Waals surface area contributed by atoms with Crippen LogP contribution >= 0.6 is 0 Å². The van der Waals surface area contributed by atoms with E-state index in [0.717, 1.165) is 18.8 Å². The van der Waals surface area contributed by atoms with Gasteiger partial charge in [-0.25, -0.2) is 4.98 Å². The van der Waals surface area contributed by atoms with Gasteiger partial charge in [0.25, 0.3) is 0 Å². The number of piperidine rings is 1. The number of rotatable bonds is 3. The fourth-order valence-electron chi connectivity index (χ4n) is 2.69. The van der Waals surface area contributed by atoms with Gasteiger partial charge in [-0.2, -0.15) is 13.2 Å². The fraction of sp³-hybridized carbons (Fsp3) is 0.643. The fourth-order valence-corrected chi connectivity index (χ4v) is 2.69. The summed E-state index contributed by atoms with van der Waals surface area (Å²) >= 11 is 0. The Bertz CT molecular complexity index is 420. The van der Waals surface area contributed by atoms with Gasteiger partial charge < -0.3 is 10.2 Å². The van der Waals surface area contributed by atoms with Gasteiger partial charge in [0.1, 0.15) is 5.82 Å². The van der Waals surface area contributed by atoms with E-state index < -0.39 is 11.7 Å². The third-order valence-electron chi connectivity index (χ3n) is 3.98. The van der Waals surface area contributed by atoms with E-state index in [9.17, 15) is 13.2 Å². The number of halogens is 3. The van der Waals surface area contributed by atoms with E-state index in [-0.39, 0.29) is 0 Å². The van der Waals surface area contributed by atoms with Crippen LogP contribution in [0.3, 0.4) is 0 Å². The molecule has 1 aromatic rings. The molecule has 0 aromatic carbocycles. The molecule has 0 unspecified atom stereocenters. The van der Waals surface area contributed by atoms with Gasteiger partial charge in [0.15, 0.2) is 0 Å². The highest BCUT2D eigenvalue weighted by molar-refractivity contribution is 5.36. The lowest BCUT2D eigenvalue weighted by Gasteiger charge is -2.37. The van der Waals surface area contributed by atoms with Crippen molar-refractivity contribution in [3.05, 3.63) is 23.9 Å². The quantitative estimate of drug-likeness (QED) is 0.925. The highest BCUT2D eigenvalue weighted by atomic mass is 19.4. The summed E-state index contributed by atoms with van der Waals surface area (Å²) in [5.41, 5.74) is -0.716. The van der Waals surface area contributed by atoms with E-state index in [4.69, 9.17) is 0 Å². The molecule has 112 valence electrons. The Morgan fingerprint density at radius 1 is 1.40 bits per heavy atom. The number of hydrogen-bond donors (Lipinski definition) is 1. The third kappa shape index (κ3) is 3.62. The normalized spacial score (nSPS) is 24.6. The van der Waals surface area contributed by atoms with Crippen LogP contribution in [0.25, 0.3) is 0 Å². The van der Waals surface area contributed by atoms with Crippen LogP contribution in [0.4, 0.5) is 19.0 Å². The number of pyridine rings is 1. The van der Waals surface area contributed by atoms with Crippen LogP contribution in [0.2, 0.25) is 0 Å². The number of likely N-dealkylation sites (N-methyl/N-ethyl adjacent to an activating group) is 1. The highest BCUT2D eigenvalue weighted by Crippen LogP contribution is 2.29. The molecule has 1 N–H and O–H groups in total. The highest BCUT2D eigenvalue weighted by Gasteiger charge is 2.30. The van der Waals surface area contributed by atoms with Crippen molar-refractivity contribution in [3.63, 3.8) is 0 Å². The van der Waals surface area contributed by atoms with Crippen LogP contribution in [0.5, 0.6) is 0 Å². The molecule has 3 nitrogen and oxygen atoms in total. The maximum atomic E-state index is 12.4. The van der Waals surface area contributed by atoms with Crippen molar-refractivity contribution in [2.45, 2.75) is 32.0 Å². The Labute approximate surface area is 117 Å². The number of nitrogens with one attached hydrogen (secondary N) is 1. The Hall–Kier alpha value is -1.30. The lowest BCUT2D eigenvalue weighted by atomic mass is 9.91. The van der Waals surface area contributed by atoms with E-state index in [0.29, 0.717) is 24.3 Å². The first-order chi connectivity index (χ1) is 9.38. The number of aromatic nitrogens is 1. The SMILES string of the molecule is C[C@@H]1CCCN(C)[C@@H]1CNc1ccc(C(F)(F)F)cn1. The van der Waals surface area contributed by atoms with Crippen LogP contribution in [0.1, 0.15) is 25.3 Å². The number of hydrogen-bond acceptors (Lipinski definition) is 3. The Morgan fingerprint density at radius 3 is 2.70 bits per heavy atom. The van der Waals surface area contributed by atoms with Crippen LogP contribution in [0.15, 0.2) is 18.3 Å². The second-order valence-corrected chi connectivity index (χ2v) is 5.48. The standard InChI is InChI=1S/C14H20F3N3/c1-10-4-3-7-20(2)12(10)9-19-13-6-5-11(8-18-13)14(15,16)17/h5-6,8,10,12H,3-4,7,9H2,1-2H3,(H,18,19)/t10-,12-/m1/s1. The van der Waals surface area contributed by atoms with Gasteiger partial charge >= 0.3 is 6.18 Å². The summed E-state index contributed by atoms with van der Waals surface area (Å²) in [6, 6.07) is 2.84. The minimum Gasteiger partial charge on any atom is -0.368 e. The van der Waals surface area contributed by atoms with Crippen molar-refractivity contribution in [2.24, 2.45) is 5.92 Å². The first kappa shape index (κ1) is 15.1. The summed E-state index contributed by atoms with van der Waals surface area (Å²) in [4.78, 5) is 6.13. The number of anilines is 1. The molecule has 1 aromatic heterocycles. The van der Waals surface area contributed by atoms with Crippen LogP contribution < -0.4 is 5.32 Å². The number of nitrogens with zero attached hydrogens (tertiary/aromatic N) is 2. The summed E-state index contributed by atoms with van der Waals surface area (Å²) in [6.45, 7) is 3.98. The summed E-state index contributed by atoms with van der Waals surface area (Å²) in [5.74, 6) is 1.07. The topological polar surface area (TPSA) is 28.2 Å². The monoisotopic (exact) mass is 287 g/mol. The Kier molecular flexibility index (Phi) is 4.52. The van der Waals surface area contributed by atoms with Crippen LogP contribution in [-0.4, -0.2) is 36.1 Å². The molecule has 0 bridgehead atoms. The smallest absolute Gasteiger partial charge is 0.368 e. The zero-order chi connectivity index (χ0) is 14.8. The van der Waals surface area contributed by atoms with Gasteiger partial charge in [0.05, 0.1) is 5.56 Å². The zero-order valence-corrected chi connectivity index (χ0v) is 11.7. The van der Waals surface area contributed by atoms with Gasteiger partial charge in [0, 0.05) is 18.8 Å². The second-order valence-electron chi connectivity index (χ2n) is 5.48. The molecule has 0 amide bonds. The van der Waals surface area contributed by atoms with Crippen molar-refractivity contribution < 1.29 is 13.2 Å². The summed E-state index contributed by atoms with van der Waals surface area (Å²) in [7, 11) is 2.09. The Morgan fingerprint density at radius 2 is 2.15 bits per heavy atom. The minimum atomic E-state index is -4.33. The number of alkyl halides is 3. The van der Waals surface area contributed by atoms with Gasteiger partial charge in [0.2, 0.25) is 0 Å². The molecule has 1 fully saturated rings. The molecule has 1 aliphatic heterocycles. The minimum absolute atomic E-state index is 0.396. The first-order valence-electron chi connectivity index (χ1n) is 6.85. The van der Waals surface area contributed by atoms with Gasteiger partial charge in [-0.05, 0) is 44.5 Å². The molecule has 0 saturated carbocycles. The maximum Gasteiger partial charge on any atom is 0.417 e. The molecule has 0 aliphatic carbocycles. The molecule has 6 heteroatoms. The van der Waals surface area contributed by atoms with Crippen molar-refractivity contribution >= 4 is 5.82 Å². The summed E-state index contributed by atoms with van der Waals surface area (Å²) < 4.78 is 37.3. The van der Waals surface area contributed by atoms with Crippen molar-refractivity contribution in [3.8, 4) is 0 Å². The van der Waals surface area contributed by atoms with Crippen molar-refractivity contribution in [1.29, 1.82) is 0 Å². The van der Waals surface area contributed by atoms with Crippen molar-refractivity contribution in [2.75, 3.05) is 25.5 Å². The third-order valence-corrected chi connectivity index (χ3v) is 3.98. The predicted octanol–water partition coefficient (Wildman–Crippen LogP) is 3.24. The molecule has 1 aliphatic rings. The van der Waals surface area contributed by atoms with Gasteiger partial charge in [-0.3, -0.25) is 0 Å². The maximum absolute atomic E-state index is 12.4. The molecule has 1 saturated heterocycles. The lowest BCUT2D eigenvalue weighted by Crippen LogP contribution is -2.45. The molecule has 0 radical (unpaired) electrons. The molecule has 2 heterocycles. The van der Waals surface area contributed by atoms with Crippen LogP contribution in [0, 0.1) is 5.92 Å². The van der Waals surface area contributed by atoms with E-state index in [2.05, 4.69) is 29.2 Å². The first-order valence-corrected chi connectivity index (χ1v) is 6.85. The molecule has 2 atom stereocenters. The number of likely N-dealkylation sites (tertiary alicyclic amines) is 1. The average Bonchev–Trinajstić information content (AvgIpc) is 2.37. The lowest BCUT2D eigenvalue weighted by molar-refractivity contribution is -0.137. The predicted molar refractivity (Wildman–Crippen MR) is 72.5 cm³/mol. The zero-order valence-electron chi connectivity index (χ0n) is 11.7. The molecule has 0 spiro atoms. The van der Waals surface area contributed by atoms with Gasteiger partial charge in [-0.1, -0.05) is 6.92 Å².